The first-order valence-electron chi connectivity index (χ1n) is 7.43. The molecule has 1 aliphatic heterocycles. The predicted molar refractivity (Wildman–Crippen MR) is 82.5 cm³/mol. The van der Waals surface area contributed by atoms with Crippen LogP contribution in [0.1, 0.15) is 46.1 Å². The zero-order valence-electron chi connectivity index (χ0n) is 12.8. The normalized spacial score (nSPS) is 22.3. The molecule has 1 aliphatic rings. The lowest BCUT2D eigenvalue weighted by Gasteiger charge is -2.46. The van der Waals surface area contributed by atoms with Gasteiger partial charge in [0.2, 0.25) is 0 Å². The summed E-state index contributed by atoms with van der Waals surface area (Å²) >= 11 is 0. The van der Waals surface area contributed by atoms with Gasteiger partial charge in [-0.1, -0.05) is 30.3 Å². The molecule has 0 bridgehead atoms. The van der Waals surface area contributed by atoms with Crippen molar-refractivity contribution in [3.05, 3.63) is 35.9 Å². The summed E-state index contributed by atoms with van der Waals surface area (Å²) in [5.74, 6) is 0. The third kappa shape index (κ3) is 4.63. The molecule has 1 aromatic rings. The minimum atomic E-state index is 0.228. The molecule has 106 valence electrons. The van der Waals surface area contributed by atoms with E-state index < -0.39 is 0 Å². The molecule has 0 unspecified atom stereocenters. The van der Waals surface area contributed by atoms with Crippen LogP contribution in [0.15, 0.2) is 30.3 Å². The second-order valence-electron chi connectivity index (χ2n) is 7.19. The molecule has 1 saturated heterocycles. The van der Waals surface area contributed by atoms with Gasteiger partial charge in [0.05, 0.1) is 0 Å². The van der Waals surface area contributed by atoms with Crippen LogP contribution in [0.5, 0.6) is 0 Å². The average molecular weight is 260 g/mol. The van der Waals surface area contributed by atoms with Gasteiger partial charge in [-0.15, -0.1) is 0 Å². The molecule has 2 heteroatoms. The Hall–Kier alpha value is -0.860. The monoisotopic (exact) mass is 260 g/mol. The highest BCUT2D eigenvalue weighted by Crippen LogP contribution is 2.28. The van der Waals surface area contributed by atoms with E-state index in [9.17, 15) is 0 Å². The molecule has 1 fully saturated rings. The highest BCUT2D eigenvalue weighted by molar-refractivity contribution is 5.15. The Kier molecular flexibility index (Phi) is 4.32. The molecular weight excluding hydrogens is 232 g/mol. The van der Waals surface area contributed by atoms with Gasteiger partial charge >= 0.3 is 0 Å². The molecule has 0 radical (unpaired) electrons. The van der Waals surface area contributed by atoms with Crippen LogP contribution in [0.4, 0.5) is 0 Å². The number of hydrogen-bond acceptors (Lipinski definition) is 2. The molecular formula is C17H28N2. The fourth-order valence-corrected chi connectivity index (χ4v) is 3.53. The lowest BCUT2D eigenvalue weighted by molar-refractivity contribution is 0.147. The van der Waals surface area contributed by atoms with Gasteiger partial charge in [0.25, 0.3) is 0 Å². The summed E-state index contributed by atoms with van der Waals surface area (Å²) in [6.07, 6.45) is 3.52. The molecule has 1 heterocycles. The van der Waals surface area contributed by atoms with Gasteiger partial charge in [-0.2, -0.15) is 0 Å². The molecule has 2 rings (SSSR count). The maximum absolute atomic E-state index is 3.74. The molecule has 0 saturated carbocycles. The van der Waals surface area contributed by atoms with Crippen molar-refractivity contribution in [3.8, 4) is 0 Å². The summed E-state index contributed by atoms with van der Waals surface area (Å²) in [5, 5.41) is 7.47. The summed E-state index contributed by atoms with van der Waals surface area (Å²) in [6.45, 7) is 10.3. The van der Waals surface area contributed by atoms with Crippen LogP contribution in [0.3, 0.4) is 0 Å². The quantitative estimate of drug-likeness (QED) is 0.869. The average Bonchev–Trinajstić information content (AvgIpc) is 2.26. The number of benzene rings is 1. The van der Waals surface area contributed by atoms with E-state index >= 15 is 0 Å². The van der Waals surface area contributed by atoms with E-state index in [0.717, 1.165) is 13.0 Å². The Morgan fingerprint density at radius 3 is 2.21 bits per heavy atom. The van der Waals surface area contributed by atoms with Crippen molar-refractivity contribution in [2.45, 2.75) is 64.1 Å². The van der Waals surface area contributed by atoms with Crippen molar-refractivity contribution in [3.63, 3.8) is 0 Å². The van der Waals surface area contributed by atoms with Crippen molar-refractivity contribution in [2.24, 2.45) is 0 Å². The van der Waals surface area contributed by atoms with Gasteiger partial charge in [0.1, 0.15) is 0 Å². The Balaban J connectivity index is 1.82. The summed E-state index contributed by atoms with van der Waals surface area (Å²) < 4.78 is 0. The maximum Gasteiger partial charge on any atom is 0.0144 e. The maximum atomic E-state index is 3.74. The summed E-state index contributed by atoms with van der Waals surface area (Å²) in [6, 6.07) is 11.3. The van der Waals surface area contributed by atoms with Crippen molar-refractivity contribution < 1.29 is 0 Å². The summed E-state index contributed by atoms with van der Waals surface area (Å²) in [5.41, 5.74) is 1.88. The lowest BCUT2D eigenvalue weighted by atomic mass is 9.79. The van der Waals surface area contributed by atoms with Crippen molar-refractivity contribution in [2.75, 3.05) is 6.54 Å². The Labute approximate surface area is 118 Å². The van der Waals surface area contributed by atoms with Crippen LogP contribution in [-0.2, 0) is 6.42 Å². The minimum Gasteiger partial charge on any atom is -0.314 e. The van der Waals surface area contributed by atoms with Crippen LogP contribution in [0.25, 0.3) is 0 Å². The Morgan fingerprint density at radius 1 is 1.05 bits per heavy atom. The standard InChI is InChI=1S/C17H28N2/c1-16(2)12-15(13-17(3,4)19-16)18-11-10-14-8-6-5-7-9-14/h5-9,15,18-19H,10-13H2,1-4H3. The van der Waals surface area contributed by atoms with Gasteiger partial charge in [0, 0.05) is 17.1 Å². The van der Waals surface area contributed by atoms with Crippen LogP contribution >= 0.6 is 0 Å². The Bertz CT molecular complexity index is 379. The fourth-order valence-electron chi connectivity index (χ4n) is 3.53. The molecule has 1 aromatic carbocycles. The first kappa shape index (κ1) is 14.5. The first-order valence-corrected chi connectivity index (χ1v) is 7.43. The van der Waals surface area contributed by atoms with E-state index in [0.29, 0.717) is 6.04 Å². The highest BCUT2D eigenvalue weighted by atomic mass is 15.1. The van der Waals surface area contributed by atoms with E-state index in [4.69, 9.17) is 0 Å². The van der Waals surface area contributed by atoms with Crippen molar-refractivity contribution >= 4 is 0 Å². The zero-order chi connectivity index (χ0) is 13.9. The molecule has 2 nitrogen and oxygen atoms in total. The van der Waals surface area contributed by atoms with Crippen LogP contribution < -0.4 is 10.6 Å². The van der Waals surface area contributed by atoms with Crippen LogP contribution in [-0.4, -0.2) is 23.7 Å². The SMILES string of the molecule is CC1(C)CC(NCCc2ccccc2)CC(C)(C)N1. The molecule has 19 heavy (non-hydrogen) atoms. The molecule has 2 N–H and O–H groups in total. The molecule has 0 atom stereocenters. The third-order valence-corrected chi connectivity index (χ3v) is 3.88. The molecule has 0 spiro atoms. The van der Waals surface area contributed by atoms with Gasteiger partial charge in [0.15, 0.2) is 0 Å². The largest absolute Gasteiger partial charge is 0.314 e. The summed E-state index contributed by atoms with van der Waals surface area (Å²) in [4.78, 5) is 0. The van der Waals surface area contributed by atoms with E-state index in [1.165, 1.54) is 18.4 Å². The second kappa shape index (κ2) is 5.64. The number of nitrogens with one attached hydrogen (secondary N) is 2. The molecule has 0 aliphatic carbocycles. The Morgan fingerprint density at radius 2 is 1.63 bits per heavy atom. The smallest absolute Gasteiger partial charge is 0.0144 e. The minimum absolute atomic E-state index is 0.228. The van der Waals surface area contributed by atoms with Crippen molar-refractivity contribution in [1.82, 2.24) is 10.6 Å². The topological polar surface area (TPSA) is 24.1 Å². The molecule has 0 aromatic heterocycles. The van der Waals surface area contributed by atoms with Gasteiger partial charge in [-0.25, -0.2) is 0 Å². The van der Waals surface area contributed by atoms with Crippen LogP contribution in [0.2, 0.25) is 0 Å². The van der Waals surface area contributed by atoms with Crippen molar-refractivity contribution in [1.29, 1.82) is 0 Å². The third-order valence-electron chi connectivity index (χ3n) is 3.88. The number of piperidine rings is 1. The first-order chi connectivity index (χ1) is 8.86. The summed E-state index contributed by atoms with van der Waals surface area (Å²) in [7, 11) is 0. The number of rotatable bonds is 4. The van der Waals surface area contributed by atoms with Gasteiger partial charge in [-0.05, 0) is 59.1 Å². The zero-order valence-corrected chi connectivity index (χ0v) is 12.8. The highest BCUT2D eigenvalue weighted by Gasteiger charge is 2.37. The van der Waals surface area contributed by atoms with Gasteiger partial charge < -0.3 is 10.6 Å². The van der Waals surface area contributed by atoms with Gasteiger partial charge in [-0.3, -0.25) is 0 Å². The fraction of sp³-hybridized carbons (Fsp3) is 0.647. The van der Waals surface area contributed by atoms with Crippen LogP contribution in [0, 0.1) is 0 Å². The van der Waals surface area contributed by atoms with E-state index in [2.05, 4.69) is 68.7 Å². The molecule has 0 amide bonds. The number of hydrogen-bond donors (Lipinski definition) is 2. The lowest BCUT2D eigenvalue weighted by Crippen LogP contribution is -2.61. The second-order valence-corrected chi connectivity index (χ2v) is 7.19. The van der Waals surface area contributed by atoms with E-state index in [1.807, 2.05) is 0 Å². The van der Waals surface area contributed by atoms with E-state index in [1.54, 1.807) is 0 Å². The predicted octanol–water partition coefficient (Wildman–Crippen LogP) is 3.13. The van der Waals surface area contributed by atoms with E-state index in [-0.39, 0.29) is 11.1 Å².